The zero-order chi connectivity index (χ0) is 25.6. The summed E-state index contributed by atoms with van der Waals surface area (Å²) in [7, 11) is 0. The number of benzene rings is 1. The number of anilines is 3. The molecule has 0 saturated carbocycles. The summed E-state index contributed by atoms with van der Waals surface area (Å²) in [5.74, 6) is 0.329. The maximum atomic E-state index is 12.6. The molecule has 0 bridgehead atoms. The van der Waals surface area contributed by atoms with Crippen LogP contribution >= 0.6 is 0 Å². The lowest BCUT2D eigenvalue weighted by atomic mass is 10.0. The van der Waals surface area contributed by atoms with Crippen molar-refractivity contribution in [3.8, 4) is 11.1 Å². The third-order valence-corrected chi connectivity index (χ3v) is 5.27. The first-order valence-electron chi connectivity index (χ1n) is 11.5. The van der Waals surface area contributed by atoms with Crippen LogP contribution in [0.1, 0.15) is 45.4 Å². The third kappa shape index (κ3) is 6.95. The second kappa shape index (κ2) is 10.9. The molecule has 0 spiro atoms. The first-order valence-corrected chi connectivity index (χ1v) is 11.5. The number of ether oxygens (including phenoxy) is 1. The fourth-order valence-corrected chi connectivity index (χ4v) is 3.56. The van der Waals surface area contributed by atoms with E-state index < -0.39 is 16.6 Å². The Morgan fingerprint density at radius 1 is 1.20 bits per heavy atom. The summed E-state index contributed by atoms with van der Waals surface area (Å²) in [6.45, 7) is 8.11. The number of nitrogen functional groups attached to an aromatic ring is 1. The van der Waals surface area contributed by atoms with Crippen LogP contribution in [0.15, 0.2) is 42.6 Å². The fraction of sp³-hybridized carbons (Fsp3) is 0.360. The lowest BCUT2D eigenvalue weighted by molar-refractivity contribution is -0.384. The van der Waals surface area contributed by atoms with Crippen molar-refractivity contribution in [3.63, 3.8) is 0 Å². The van der Waals surface area contributed by atoms with E-state index in [4.69, 9.17) is 10.5 Å². The molecule has 10 nitrogen and oxygen atoms in total. The monoisotopic (exact) mass is 480 g/mol. The highest BCUT2D eigenvalue weighted by atomic mass is 16.6. The Balaban J connectivity index is 1.72. The second-order valence-corrected chi connectivity index (χ2v) is 9.12. The maximum Gasteiger partial charge on any atom is 0.412 e. The van der Waals surface area contributed by atoms with Crippen LogP contribution in [-0.4, -0.2) is 33.1 Å². The Morgan fingerprint density at radius 3 is 2.51 bits per heavy atom. The Morgan fingerprint density at radius 2 is 1.91 bits per heavy atom. The van der Waals surface area contributed by atoms with Gasteiger partial charge < -0.3 is 20.8 Å². The van der Waals surface area contributed by atoms with E-state index in [0.717, 1.165) is 23.2 Å². The lowest BCUT2D eigenvalue weighted by Crippen LogP contribution is -2.27. The molecule has 2 aromatic heterocycles. The molecule has 0 saturated heterocycles. The molecular formula is C25H32N6O4. The fourth-order valence-electron chi connectivity index (χ4n) is 3.56. The minimum absolute atomic E-state index is 0.132. The molecule has 0 aliphatic rings. The molecule has 35 heavy (non-hydrogen) atoms. The van der Waals surface area contributed by atoms with E-state index in [1.54, 1.807) is 0 Å². The zero-order valence-corrected chi connectivity index (χ0v) is 20.5. The number of carbonyl (C=O) groups excluding carboxylic acids is 1. The van der Waals surface area contributed by atoms with Crippen LogP contribution in [0.4, 0.5) is 27.8 Å². The molecule has 0 aliphatic heterocycles. The molecule has 5 N–H and O–H groups in total. The zero-order valence-electron chi connectivity index (χ0n) is 20.5. The van der Waals surface area contributed by atoms with Gasteiger partial charge in [0.2, 0.25) is 5.82 Å². The van der Waals surface area contributed by atoms with Crippen molar-refractivity contribution >= 4 is 29.1 Å². The van der Waals surface area contributed by atoms with Gasteiger partial charge in [-0.1, -0.05) is 31.2 Å². The summed E-state index contributed by atoms with van der Waals surface area (Å²) in [5, 5.41) is 16.9. The van der Waals surface area contributed by atoms with Crippen molar-refractivity contribution in [3.05, 3.63) is 64.0 Å². The first-order chi connectivity index (χ1) is 16.6. The highest BCUT2D eigenvalue weighted by Gasteiger charge is 2.20. The van der Waals surface area contributed by atoms with Gasteiger partial charge >= 0.3 is 11.8 Å². The topological polar surface area (TPSA) is 148 Å². The first kappa shape index (κ1) is 25.5. The summed E-state index contributed by atoms with van der Waals surface area (Å²) >= 11 is 0. The number of rotatable bonds is 9. The number of H-pyrrole nitrogens is 1. The SMILES string of the molecule is CCc1ccc(-c2c[nH]c(CCCNc3ccc([N+](=O)[O-])c(N)n3)c2NC(=O)OC(C)(C)C)cc1. The van der Waals surface area contributed by atoms with Gasteiger partial charge in [-0.25, -0.2) is 9.78 Å². The summed E-state index contributed by atoms with van der Waals surface area (Å²) < 4.78 is 5.47. The van der Waals surface area contributed by atoms with Crippen LogP contribution in [0.3, 0.4) is 0 Å². The molecule has 2 heterocycles. The summed E-state index contributed by atoms with van der Waals surface area (Å²) in [4.78, 5) is 30.2. The number of aromatic nitrogens is 2. The predicted molar refractivity (Wildman–Crippen MR) is 138 cm³/mol. The van der Waals surface area contributed by atoms with Crippen molar-refractivity contribution in [2.45, 2.75) is 52.6 Å². The number of amides is 1. The quantitative estimate of drug-likeness (QED) is 0.179. The highest BCUT2D eigenvalue weighted by Crippen LogP contribution is 2.33. The second-order valence-electron chi connectivity index (χ2n) is 9.12. The third-order valence-electron chi connectivity index (χ3n) is 5.27. The maximum absolute atomic E-state index is 12.6. The molecule has 0 fully saturated rings. The summed E-state index contributed by atoms with van der Waals surface area (Å²) in [6, 6.07) is 11.1. The van der Waals surface area contributed by atoms with E-state index in [2.05, 4.69) is 39.7 Å². The molecule has 186 valence electrons. The van der Waals surface area contributed by atoms with E-state index >= 15 is 0 Å². The van der Waals surface area contributed by atoms with Crippen LogP contribution in [-0.2, 0) is 17.6 Å². The van der Waals surface area contributed by atoms with Gasteiger partial charge in [-0.15, -0.1) is 0 Å². The van der Waals surface area contributed by atoms with E-state index in [1.807, 2.05) is 39.1 Å². The van der Waals surface area contributed by atoms with Gasteiger partial charge in [0, 0.05) is 30.1 Å². The van der Waals surface area contributed by atoms with Gasteiger partial charge in [-0.2, -0.15) is 0 Å². The van der Waals surface area contributed by atoms with Crippen molar-refractivity contribution < 1.29 is 14.5 Å². The minimum atomic E-state index is -0.618. The number of nitrogens with zero attached hydrogens (tertiary/aromatic N) is 2. The Kier molecular flexibility index (Phi) is 7.95. The van der Waals surface area contributed by atoms with Gasteiger partial charge in [-0.05, 0) is 57.2 Å². The van der Waals surface area contributed by atoms with Gasteiger partial charge in [0.15, 0.2) is 0 Å². The largest absolute Gasteiger partial charge is 0.444 e. The number of aryl methyl sites for hydroxylation is 2. The minimum Gasteiger partial charge on any atom is -0.444 e. The predicted octanol–water partition coefficient (Wildman–Crippen LogP) is 5.52. The number of nitrogens with one attached hydrogen (secondary N) is 3. The Bertz CT molecular complexity index is 1180. The summed E-state index contributed by atoms with van der Waals surface area (Å²) in [5.41, 5.74) is 9.46. The van der Waals surface area contributed by atoms with Crippen LogP contribution in [0.25, 0.3) is 11.1 Å². The average Bonchev–Trinajstić information content (AvgIpc) is 3.17. The molecule has 3 rings (SSSR count). The van der Waals surface area contributed by atoms with E-state index in [0.29, 0.717) is 30.9 Å². The number of nitro groups is 1. The number of hydrogen-bond acceptors (Lipinski definition) is 7. The Labute approximate surface area is 204 Å². The highest BCUT2D eigenvalue weighted by molar-refractivity contribution is 5.93. The molecule has 0 aliphatic carbocycles. The molecule has 10 heteroatoms. The van der Waals surface area contributed by atoms with Crippen LogP contribution in [0.5, 0.6) is 0 Å². The normalized spacial score (nSPS) is 11.2. The van der Waals surface area contributed by atoms with Crippen molar-refractivity contribution in [2.75, 3.05) is 22.9 Å². The van der Waals surface area contributed by atoms with Crippen LogP contribution in [0.2, 0.25) is 0 Å². The standard InChI is InChI=1S/C25H32N6O4/c1-5-16-8-10-17(11-9-16)18-15-28-19(22(18)30-24(32)35-25(2,3)4)7-6-14-27-21-13-12-20(31(33)34)23(26)29-21/h8-13,15,28H,5-7,14H2,1-4H3,(H,30,32)(H3,26,27,29). The number of nitrogens with two attached hydrogens (primary N) is 1. The molecule has 3 aromatic rings. The van der Waals surface area contributed by atoms with Crippen molar-refractivity contribution in [2.24, 2.45) is 0 Å². The van der Waals surface area contributed by atoms with E-state index in [1.165, 1.54) is 17.7 Å². The molecule has 0 unspecified atom stereocenters. The molecule has 0 atom stereocenters. The number of pyridine rings is 1. The Hall–Kier alpha value is -4.08. The van der Waals surface area contributed by atoms with Gasteiger partial charge in [-0.3, -0.25) is 15.4 Å². The van der Waals surface area contributed by atoms with E-state index in [9.17, 15) is 14.9 Å². The van der Waals surface area contributed by atoms with Gasteiger partial charge in [0.25, 0.3) is 0 Å². The number of hydrogen-bond donors (Lipinski definition) is 4. The van der Waals surface area contributed by atoms with Crippen LogP contribution in [0, 0.1) is 10.1 Å². The number of aromatic amines is 1. The molecule has 1 aromatic carbocycles. The van der Waals surface area contributed by atoms with E-state index in [-0.39, 0.29) is 11.5 Å². The van der Waals surface area contributed by atoms with Gasteiger partial charge in [0.1, 0.15) is 11.4 Å². The molecule has 0 radical (unpaired) electrons. The molecule has 1 amide bonds. The average molecular weight is 481 g/mol. The summed E-state index contributed by atoms with van der Waals surface area (Å²) in [6.07, 6.45) is 3.65. The van der Waals surface area contributed by atoms with Gasteiger partial charge in [0.05, 0.1) is 10.6 Å². The molecular weight excluding hydrogens is 448 g/mol. The van der Waals surface area contributed by atoms with Crippen molar-refractivity contribution in [1.82, 2.24) is 9.97 Å². The number of carbonyl (C=O) groups is 1. The smallest absolute Gasteiger partial charge is 0.412 e. The van der Waals surface area contributed by atoms with Crippen LogP contribution < -0.4 is 16.4 Å². The lowest BCUT2D eigenvalue weighted by Gasteiger charge is -2.20. The van der Waals surface area contributed by atoms with Crippen molar-refractivity contribution in [1.29, 1.82) is 0 Å².